The summed E-state index contributed by atoms with van der Waals surface area (Å²) in [5, 5.41) is 4.21. The van der Waals surface area contributed by atoms with Crippen LogP contribution in [0.2, 0.25) is 0 Å². The van der Waals surface area contributed by atoms with E-state index in [0.29, 0.717) is 16.9 Å². The van der Waals surface area contributed by atoms with Gasteiger partial charge in [-0.15, -0.1) is 0 Å². The van der Waals surface area contributed by atoms with Gasteiger partial charge in [-0.05, 0) is 54.3 Å². The molecule has 1 saturated carbocycles. The van der Waals surface area contributed by atoms with Crippen LogP contribution in [-0.4, -0.2) is 4.40 Å². The van der Waals surface area contributed by atoms with Crippen molar-refractivity contribution < 1.29 is 17.7 Å². The molecule has 0 aliphatic heterocycles. The number of hydrogen-bond donors (Lipinski definition) is 0. The molecular formula is C29H24F3N2+. The third kappa shape index (κ3) is 2.45. The van der Waals surface area contributed by atoms with Crippen molar-refractivity contribution in [2.24, 2.45) is 7.05 Å². The minimum Gasteiger partial charge on any atom is -0.303 e. The summed E-state index contributed by atoms with van der Waals surface area (Å²) < 4.78 is 46.7. The Morgan fingerprint density at radius 2 is 1.59 bits per heavy atom. The molecule has 3 heterocycles. The number of aromatic nitrogens is 2. The van der Waals surface area contributed by atoms with Crippen molar-refractivity contribution in [2.45, 2.75) is 44.7 Å². The second-order valence-electron chi connectivity index (χ2n) is 9.91. The predicted octanol–water partition coefficient (Wildman–Crippen LogP) is 7.80. The second-order valence-corrected chi connectivity index (χ2v) is 9.91. The normalized spacial score (nSPS) is 15.8. The Hall–Kier alpha value is -3.34. The molecule has 1 aliphatic carbocycles. The zero-order valence-corrected chi connectivity index (χ0v) is 19.1. The maximum Gasteiger partial charge on any atom is 0.417 e. The number of pyridine rings is 2. The first-order valence-corrected chi connectivity index (χ1v) is 12.0. The summed E-state index contributed by atoms with van der Waals surface area (Å²) in [4.78, 5) is 0. The van der Waals surface area contributed by atoms with Gasteiger partial charge >= 0.3 is 6.18 Å². The quantitative estimate of drug-likeness (QED) is 0.135. The van der Waals surface area contributed by atoms with Crippen molar-refractivity contribution in [3.05, 3.63) is 71.4 Å². The van der Waals surface area contributed by atoms with Gasteiger partial charge in [0.15, 0.2) is 6.20 Å². The maximum atomic E-state index is 14.1. The van der Waals surface area contributed by atoms with Crippen LogP contribution >= 0.6 is 0 Å². The topological polar surface area (TPSA) is 8.29 Å². The molecular weight excluding hydrogens is 433 g/mol. The lowest BCUT2D eigenvalue weighted by Gasteiger charge is -2.18. The van der Waals surface area contributed by atoms with Crippen molar-refractivity contribution in [2.75, 3.05) is 0 Å². The molecule has 6 aromatic rings. The third-order valence-corrected chi connectivity index (χ3v) is 8.02. The van der Waals surface area contributed by atoms with Crippen molar-refractivity contribution in [1.29, 1.82) is 0 Å². The highest BCUT2D eigenvalue weighted by molar-refractivity contribution is 6.26. The van der Waals surface area contributed by atoms with Crippen LogP contribution in [0.3, 0.4) is 0 Å². The van der Waals surface area contributed by atoms with Crippen LogP contribution < -0.4 is 4.57 Å². The van der Waals surface area contributed by atoms with E-state index in [4.69, 9.17) is 0 Å². The molecule has 0 saturated heterocycles. The zero-order chi connectivity index (χ0) is 23.4. The molecule has 1 fully saturated rings. The minimum absolute atomic E-state index is 0.272. The van der Waals surface area contributed by atoms with Crippen molar-refractivity contribution in [1.82, 2.24) is 4.40 Å². The summed E-state index contributed by atoms with van der Waals surface area (Å²) in [6, 6.07) is 15.4. The lowest BCUT2D eigenvalue weighted by atomic mass is 9.93. The summed E-state index contributed by atoms with van der Waals surface area (Å²) in [6.07, 6.45) is 2.42. The molecule has 0 amide bonds. The van der Waals surface area contributed by atoms with Gasteiger partial charge in [0.05, 0.1) is 22.0 Å². The highest BCUT2D eigenvalue weighted by atomic mass is 19.4. The summed E-state index contributed by atoms with van der Waals surface area (Å²) in [5.41, 5.74) is 5.51. The fraction of sp³-hybridized carbons (Fsp3) is 0.276. The van der Waals surface area contributed by atoms with Gasteiger partial charge in [-0.25, -0.2) is 0 Å². The van der Waals surface area contributed by atoms with Crippen molar-refractivity contribution >= 4 is 49.0 Å². The lowest BCUT2D eigenvalue weighted by Crippen LogP contribution is -2.29. The summed E-state index contributed by atoms with van der Waals surface area (Å²) in [7, 11) is 1.99. The zero-order valence-electron chi connectivity index (χ0n) is 19.1. The Bertz CT molecular complexity index is 1770. The van der Waals surface area contributed by atoms with Gasteiger partial charge in [0, 0.05) is 22.2 Å². The lowest BCUT2D eigenvalue weighted by molar-refractivity contribution is -0.644. The van der Waals surface area contributed by atoms with Gasteiger partial charge in [-0.1, -0.05) is 43.2 Å². The molecule has 2 nitrogen and oxygen atoms in total. The average Bonchev–Trinajstić information content (AvgIpc) is 3.45. The smallest absolute Gasteiger partial charge is 0.303 e. The van der Waals surface area contributed by atoms with E-state index < -0.39 is 11.7 Å². The molecule has 0 spiro atoms. The third-order valence-electron chi connectivity index (χ3n) is 8.02. The maximum absolute atomic E-state index is 14.1. The Kier molecular flexibility index (Phi) is 3.91. The van der Waals surface area contributed by atoms with E-state index in [1.165, 1.54) is 42.7 Å². The molecule has 5 heteroatoms. The van der Waals surface area contributed by atoms with E-state index in [1.54, 1.807) is 12.1 Å². The first kappa shape index (κ1) is 20.1. The van der Waals surface area contributed by atoms with Crippen LogP contribution in [0.1, 0.15) is 48.3 Å². The standard InChI is InChI=1S/C29H24F3N2/c1-16-15-22(29(30,31)32)21-11-6-12-23-25(21)24(16)28-27-20(13-14-33(28)2)19-10-5-9-18(26(19)34(23)27)17-7-3-4-8-17/h5-6,9-15,17H,3-4,7-8H2,1-2H3/q+1. The fourth-order valence-corrected chi connectivity index (χ4v) is 6.64. The van der Waals surface area contributed by atoms with Crippen LogP contribution in [0.25, 0.3) is 49.0 Å². The van der Waals surface area contributed by atoms with Crippen LogP contribution in [0.5, 0.6) is 0 Å². The number of alkyl halides is 3. The van der Waals surface area contributed by atoms with Gasteiger partial charge in [0.2, 0.25) is 5.52 Å². The molecule has 0 radical (unpaired) electrons. The summed E-state index contributed by atoms with van der Waals surface area (Å²) >= 11 is 0. The van der Waals surface area contributed by atoms with Gasteiger partial charge in [0.25, 0.3) is 0 Å². The number of hydrogen-bond acceptors (Lipinski definition) is 0. The van der Waals surface area contributed by atoms with E-state index in [0.717, 1.165) is 32.8 Å². The highest BCUT2D eigenvalue weighted by Gasteiger charge is 2.35. The van der Waals surface area contributed by atoms with Crippen LogP contribution in [0, 0.1) is 6.92 Å². The molecule has 0 atom stereocenters. The first-order chi connectivity index (χ1) is 16.4. The molecule has 3 aromatic carbocycles. The number of aryl methyl sites for hydroxylation is 2. The van der Waals surface area contributed by atoms with E-state index >= 15 is 0 Å². The Balaban J connectivity index is 1.83. The van der Waals surface area contributed by atoms with Crippen LogP contribution in [0.15, 0.2) is 54.7 Å². The average molecular weight is 458 g/mol. The van der Waals surface area contributed by atoms with Crippen LogP contribution in [-0.2, 0) is 13.2 Å². The second kappa shape index (κ2) is 6.62. The molecule has 1 aliphatic rings. The molecule has 3 aromatic heterocycles. The number of rotatable bonds is 1. The van der Waals surface area contributed by atoms with Crippen LogP contribution in [0.4, 0.5) is 13.2 Å². The van der Waals surface area contributed by atoms with E-state index in [2.05, 4.69) is 33.2 Å². The van der Waals surface area contributed by atoms with E-state index in [9.17, 15) is 13.2 Å². The van der Waals surface area contributed by atoms with Gasteiger partial charge in [-0.2, -0.15) is 17.7 Å². The number of fused-ring (bicyclic) bond motifs is 5. The Labute approximate surface area is 194 Å². The summed E-state index contributed by atoms with van der Waals surface area (Å²) in [5.74, 6) is 0.491. The summed E-state index contributed by atoms with van der Waals surface area (Å²) in [6.45, 7) is 1.81. The van der Waals surface area contributed by atoms with Gasteiger partial charge in [0.1, 0.15) is 12.6 Å². The minimum atomic E-state index is -4.41. The van der Waals surface area contributed by atoms with Gasteiger partial charge in [-0.3, -0.25) is 0 Å². The van der Waals surface area contributed by atoms with Crippen molar-refractivity contribution in [3.8, 4) is 0 Å². The molecule has 7 rings (SSSR count). The number of nitrogens with zero attached hydrogens (tertiary/aromatic N) is 2. The molecule has 0 unspecified atom stereocenters. The first-order valence-electron chi connectivity index (χ1n) is 12.0. The molecule has 0 N–H and O–H groups in total. The number of benzene rings is 3. The van der Waals surface area contributed by atoms with E-state index in [1.807, 2.05) is 26.2 Å². The monoisotopic (exact) mass is 457 g/mol. The SMILES string of the molecule is Cc1cc(C(F)(F)F)c2cccc3c2c1c1c2c(cc[n+]1C)c1cccc(C4CCCC4)c1n32. The number of para-hydroxylation sites is 1. The molecule has 170 valence electrons. The Morgan fingerprint density at radius 3 is 2.35 bits per heavy atom. The van der Waals surface area contributed by atoms with Gasteiger partial charge < -0.3 is 4.40 Å². The van der Waals surface area contributed by atoms with Crippen molar-refractivity contribution in [3.63, 3.8) is 0 Å². The molecule has 34 heavy (non-hydrogen) atoms. The predicted molar refractivity (Wildman–Crippen MR) is 131 cm³/mol. The fourth-order valence-electron chi connectivity index (χ4n) is 6.64. The Morgan fingerprint density at radius 1 is 0.882 bits per heavy atom. The number of halogens is 3. The highest BCUT2D eigenvalue weighted by Crippen LogP contribution is 2.46. The molecule has 0 bridgehead atoms. The van der Waals surface area contributed by atoms with E-state index in [-0.39, 0.29) is 5.39 Å². The largest absolute Gasteiger partial charge is 0.417 e.